The van der Waals surface area contributed by atoms with Crippen molar-refractivity contribution in [2.24, 2.45) is 0 Å². The molecule has 3 aromatic rings. The SMILES string of the molecule is CCCCCCCOc1ccc(C(=O)NC(=S)Nc2cccc(OCCc3ccccc3)c2)cc1. The quantitative estimate of drug-likeness (QED) is 0.204. The Kier molecular flexibility index (Phi) is 11.1. The number of anilines is 1. The largest absolute Gasteiger partial charge is 0.494 e. The first-order valence-corrected chi connectivity index (χ1v) is 12.7. The molecule has 0 aliphatic heterocycles. The van der Waals surface area contributed by atoms with Gasteiger partial charge < -0.3 is 14.8 Å². The molecule has 35 heavy (non-hydrogen) atoms. The lowest BCUT2D eigenvalue weighted by Gasteiger charge is -2.12. The monoisotopic (exact) mass is 490 g/mol. The zero-order valence-corrected chi connectivity index (χ0v) is 21.1. The minimum atomic E-state index is -0.274. The van der Waals surface area contributed by atoms with Gasteiger partial charge in [0, 0.05) is 23.7 Å². The summed E-state index contributed by atoms with van der Waals surface area (Å²) in [5, 5.41) is 5.99. The summed E-state index contributed by atoms with van der Waals surface area (Å²) in [7, 11) is 0. The van der Waals surface area contributed by atoms with Gasteiger partial charge >= 0.3 is 0 Å². The molecule has 0 aliphatic rings. The van der Waals surface area contributed by atoms with E-state index in [1.54, 1.807) is 12.1 Å². The predicted molar refractivity (Wildman–Crippen MR) is 146 cm³/mol. The number of carbonyl (C=O) groups excluding carboxylic acids is 1. The molecule has 0 aliphatic carbocycles. The molecule has 2 N–H and O–H groups in total. The Morgan fingerprint density at radius 3 is 2.31 bits per heavy atom. The second kappa shape index (κ2) is 14.8. The lowest BCUT2D eigenvalue weighted by molar-refractivity contribution is 0.0977. The molecule has 0 aromatic heterocycles. The van der Waals surface area contributed by atoms with Crippen LogP contribution >= 0.6 is 12.2 Å². The minimum Gasteiger partial charge on any atom is -0.494 e. The van der Waals surface area contributed by atoms with E-state index in [-0.39, 0.29) is 11.0 Å². The summed E-state index contributed by atoms with van der Waals surface area (Å²) in [5.74, 6) is 1.23. The Labute approximate surface area is 213 Å². The molecule has 6 heteroatoms. The zero-order valence-electron chi connectivity index (χ0n) is 20.3. The molecule has 0 saturated carbocycles. The minimum absolute atomic E-state index is 0.226. The highest BCUT2D eigenvalue weighted by Crippen LogP contribution is 2.18. The van der Waals surface area contributed by atoms with E-state index in [9.17, 15) is 4.79 Å². The second-order valence-electron chi connectivity index (χ2n) is 8.31. The second-order valence-corrected chi connectivity index (χ2v) is 8.72. The van der Waals surface area contributed by atoms with Gasteiger partial charge in [-0.25, -0.2) is 0 Å². The van der Waals surface area contributed by atoms with Gasteiger partial charge in [-0.2, -0.15) is 0 Å². The van der Waals surface area contributed by atoms with Crippen LogP contribution in [0.15, 0.2) is 78.9 Å². The van der Waals surface area contributed by atoms with Crippen molar-refractivity contribution in [1.82, 2.24) is 5.32 Å². The Morgan fingerprint density at radius 1 is 0.800 bits per heavy atom. The number of benzene rings is 3. The smallest absolute Gasteiger partial charge is 0.257 e. The maximum absolute atomic E-state index is 12.6. The maximum atomic E-state index is 12.6. The fourth-order valence-electron chi connectivity index (χ4n) is 3.53. The van der Waals surface area contributed by atoms with Crippen LogP contribution in [-0.4, -0.2) is 24.2 Å². The van der Waals surface area contributed by atoms with Gasteiger partial charge in [0.05, 0.1) is 13.2 Å². The Hall–Kier alpha value is -3.38. The average molecular weight is 491 g/mol. The van der Waals surface area contributed by atoms with Crippen LogP contribution in [0.3, 0.4) is 0 Å². The highest BCUT2D eigenvalue weighted by atomic mass is 32.1. The van der Waals surface area contributed by atoms with Crippen molar-refractivity contribution >= 4 is 28.9 Å². The number of hydrogen-bond donors (Lipinski definition) is 2. The van der Waals surface area contributed by atoms with Crippen molar-refractivity contribution in [2.75, 3.05) is 18.5 Å². The third-order valence-electron chi connectivity index (χ3n) is 5.45. The predicted octanol–water partition coefficient (Wildman–Crippen LogP) is 6.78. The molecule has 0 saturated heterocycles. The first-order chi connectivity index (χ1) is 17.1. The zero-order chi connectivity index (χ0) is 24.7. The summed E-state index contributed by atoms with van der Waals surface area (Å²) in [6.07, 6.45) is 6.81. The van der Waals surface area contributed by atoms with Crippen LogP contribution in [0.4, 0.5) is 5.69 Å². The van der Waals surface area contributed by atoms with Crippen molar-refractivity contribution in [2.45, 2.75) is 45.4 Å². The molecule has 3 aromatic carbocycles. The highest BCUT2D eigenvalue weighted by Gasteiger charge is 2.09. The number of amides is 1. The van der Waals surface area contributed by atoms with Crippen LogP contribution in [-0.2, 0) is 6.42 Å². The number of nitrogens with one attached hydrogen (secondary N) is 2. The van der Waals surface area contributed by atoms with Gasteiger partial charge in [0.2, 0.25) is 0 Å². The van der Waals surface area contributed by atoms with Crippen molar-refractivity contribution < 1.29 is 14.3 Å². The molecule has 1 amide bonds. The fraction of sp³-hybridized carbons (Fsp3) is 0.310. The summed E-state index contributed by atoms with van der Waals surface area (Å²) in [4.78, 5) is 12.6. The van der Waals surface area contributed by atoms with Crippen LogP contribution in [0, 0.1) is 0 Å². The molecule has 0 unspecified atom stereocenters. The Morgan fingerprint density at radius 2 is 1.54 bits per heavy atom. The third kappa shape index (κ3) is 9.79. The van der Waals surface area contributed by atoms with Crippen LogP contribution in [0.1, 0.15) is 54.9 Å². The van der Waals surface area contributed by atoms with E-state index in [4.69, 9.17) is 21.7 Å². The van der Waals surface area contributed by atoms with Crippen LogP contribution in [0.2, 0.25) is 0 Å². The number of rotatable bonds is 13. The van der Waals surface area contributed by atoms with E-state index in [1.807, 2.05) is 54.6 Å². The first-order valence-electron chi connectivity index (χ1n) is 12.3. The number of carbonyl (C=O) groups is 1. The van der Waals surface area contributed by atoms with Gasteiger partial charge in [0.15, 0.2) is 5.11 Å². The van der Waals surface area contributed by atoms with Crippen molar-refractivity contribution in [3.05, 3.63) is 90.0 Å². The summed E-state index contributed by atoms with van der Waals surface area (Å²) in [5.41, 5.74) is 2.49. The summed E-state index contributed by atoms with van der Waals surface area (Å²) >= 11 is 5.32. The maximum Gasteiger partial charge on any atom is 0.257 e. The molecule has 0 heterocycles. The number of hydrogen-bond acceptors (Lipinski definition) is 4. The summed E-state index contributed by atoms with van der Waals surface area (Å²) in [6, 6.07) is 24.8. The summed E-state index contributed by atoms with van der Waals surface area (Å²) < 4.78 is 11.6. The molecule has 0 bridgehead atoms. The number of thiocarbonyl (C=S) groups is 1. The molecule has 0 fully saturated rings. The molecule has 184 valence electrons. The first kappa shape index (κ1) is 26.2. The van der Waals surface area contributed by atoms with Crippen molar-refractivity contribution in [1.29, 1.82) is 0 Å². The Bertz CT molecular complexity index is 1060. The van der Waals surface area contributed by atoms with Crippen LogP contribution in [0.5, 0.6) is 11.5 Å². The van der Waals surface area contributed by atoms with E-state index in [2.05, 4.69) is 29.7 Å². The Balaban J connectivity index is 1.41. The molecule has 3 rings (SSSR count). The summed E-state index contributed by atoms with van der Waals surface area (Å²) in [6.45, 7) is 3.48. The molecular formula is C29H34N2O3S. The van der Waals surface area contributed by atoms with Gasteiger partial charge in [-0.15, -0.1) is 0 Å². The number of unbranched alkanes of at least 4 members (excludes halogenated alkanes) is 4. The van der Waals surface area contributed by atoms with E-state index in [0.29, 0.717) is 18.8 Å². The molecular weight excluding hydrogens is 456 g/mol. The third-order valence-corrected chi connectivity index (χ3v) is 5.66. The van der Waals surface area contributed by atoms with E-state index in [1.165, 1.54) is 31.2 Å². The van der Waals surface area contributed by atoms with E-state index in [0.717, 1.165) is 30.0 Å². The molecule has 0 atom stereocenters. The van der Waals surface area contributed by atoms with Crippen LogP contribution < -0.4 is 20.1 Å². The standard InChI is InChI=1S/C29H34N2O3S/c1-2-3-4-5-9-20-33-26-17-15-24(16-18-26)28(32)31-29(35)30-25-13-10-14-27(22-25)34-21-19-23-11-7-6-8-12-23/h6-8,10-18,22H,2-5,9,19-21H2,1H3,(H2,30,31,32,35). The molecule has 0 spiro atoms. The highest BCUT2D eigenvalue weighted by molar-refractivity contribution is 7.80. The van der Waals surface area contributed by atoms with Gasteiger partial charge in [-0.3, -0.25) is 10.1 Å². The topological polar surface area (TPSA) is 59.6 Å². The number of ether oxygens (including phenoxy) is 2. The van der Waals surface area contributed by atoms with Gasteiger partial charge in [0.1, 0.15) is 11.5 Å². The van der Waals surface area contributed by atoms with Gasteiger partial charge in [0.25, 0.3) is 5.91 Å². The average Bonchev–Trinajstić information content (AvgIpc) is 2.87. The normalized spacial score (nSPS) is 10.4. The molecule has 5 nitrogen and oxygen atoms in total. The van der Waals surface area contributed by atoms with Crippen molar-refractivity contribution in [3.8, 4) is 11.5 Å². The van der Waals surface area contributed by atoms with E-state index >= 15 is 0 Å². The van der Waals surface area contributed by atoms with E-state index < -0.39 is 0 Å². The molecule has 0 radical (unpaired) electrons. The van der Waals surface area contributed by atoms with Crippen LogP contribution in [0.25, 0.3) is 0 Å². The fourth-order valence-corrected chi connectivity index (χ4v) is 3.74. The van der Waals surface area contributed by atoms with Crippen molar-refractivity contribution in [3.63, 3.8) is 0 Å². The van der Waals surface area contributed by atoms with Gasteiger partial charge in [-0.05, 0) is 60.6 Å². The van der Waals surface area contributed by atoms with Gasteiger partial charge in [-0.1, -0.05) is 69.0 Å². The lowest BCUT2D eigenvalue weighted by atomic mass is 10.2. The lowest BCUT2D eigenvalue weighted by Crippen LogP contribution is -2.34.